The predicted molar refractivity (Wildman–Crippen MR) is 54.3 cm³/mol. The molecule has 0 radical (unpaired) electrons. The van der Waals surface area contributed by atoms with Gasteiger partial charge in [0, 0.05) is 0 Å². The molecule has 2 amide bonds. The molecule has 0 unspecified atom stereocenters. The van der Waals surface area contributed by atoms with Crippen LogP contribution in [0.3, 0.4) is 0 Å². The van der Waals surface area contributed by atoms with Crippen molar-refractivity contribution in [2.45, 2.75) is 19.8 Å². The summed E-state index contributed by atoms with van der Waals surface area (Å²) in [6, 6.07) is 0. The summed E-state index contributed by atoms with van der Waals surface area (Å²) in [7, 11) is 0. The van der Waals surface area contributed by atoms with Crippen LogP contribution in [0.1, 0.15) is 19.8 Å². The molecule has 1 aliphatic carbocycles. The zero-order chi connectivity index (χ0) is 11.9. The topological polar surface area (TPSA) is 74.7 Å². The highest BCUT2D eigenvalue weighted by Gasteiger charge is 2.48. The van der Waals surface area contributed by atoms with E-state index in [4.69, 9.17) is 5.11 Å². The second kappa shape index (κ2) is 3.73. The first kappa shape index (κ1) is 10.9. The quantitative estimate of drug-likeness (QED) is 0.543. The zero-order valence-electron chi connectivity index (χ0n) is 8.97. The van der Waals surface area contributed by atoms with Gasteiger partial charge in [0.1, 0.15) is 6.54 Å². The Morgan fingerprint density at radius 2 is 2.06 bits per heavy atom. The number of carbonyl (C=O) groups excluding carboxylic acids is 2. The molecule has 0 aromatic heterocycles. The Labute approximate surface area is 92.7 Å². The van der Waals surface area contributed by atoms with Crippen molar-refractivity contribution in [1.82, 2.24) is 4.90 Å². The van der Waals surface area contributed by atoms with E-state index in [1.165, 1.54) is 0 Å². The van der Waals surface area contributed by atoms with Crippen LogP contribution in [0, 0.1) is 11.8 Å². The number of amides is 2. The van der Waals surface area contributed by atoms with Crippen molar-refractivity contribution in [3.8, 4) is 0 Å². The van der Waals surface area contributed by atoms with Crippen molar-refractivity contribution in [3.63, 3.8) is 0 Å². The molecule has 5 nitrogen and oxygen atoms in total. The number of likely N-dealkylation sites (tertiary alicyclic amines) is 1. The van der Waals surface area contributed by atoms with Crippen molar-refractivity contribution in [2.75, 3.05) is 6.54 Å². The number of nitrogens with zero attached hydrogens (tertiary/aromatic N) is 1. The molecular weight excluding hydrogens is 210 g/mol. The number of fused-ring (bicyclic) bond motifs is 1. The van der Waals surface area contributed by atoms with E-state index in [-0.39, 0.29) is 23.7 Å². The molecule has 1 N–H and O–H groups in total. The average Bonchev–Trinajstić information content (AvgIpc) is 2.43. The summed E-state index contributed by atoms with van der Waals surface area (Å²) < 4.78 is 0. The Kier molecular flexibility index (Phi) is 2.53. The van der Waals surface area contributed by atoms with Crippen molar-refractivity contribution >= 4 is 17.8 Å². The molecule has 1 aliphatic heterocycles. The maximum Gasteiger partial charge on any atom is 0.323 e. The molecular formula is C11H13NO4. The molecule has 0 aromatic carbocycles. The number of hydrogen-bond acceptors (Lipinski definition) is 3. The van der Waals surface area contributed by atoms with Crippen LogP contribution in [-0.2, 0) is 14.4 Å². The smallest absolute Gasteiger partial charge is 0.323 e. The lowest BCUT2D eigenvalue weighted by Crippen LogP contribution is -2.35. The van der Waals surface area contributed by atoms with Crippen LogP contribution in [0.15, 0.2) is 11.6 Å². The summed E-state index contributed by atoms with van der Waals surface area (Å²) >= 11 is 0. The monoisotopic (exact) mass is 223 g/mol. The van der Waals surface area contributed by atoms with E-state index >= 15 is 0 Å². The van der Waals surface area contributed by atoms with Crippen molar-refractivity contribution in [3.05, 3.63) is 11.6 Å². The SMILES string of the molecule is CC1=CC[C@H]2C(=O)N(CC(=O)O)C(=O)[C@H]2C1. The van der Waals surface area contributed by atoms with E-state index in [0.29, 0.717) is 12.8 Å². The van der Waals surface area contributed by atoms with E-state index in [2.05, 4.69) is 0 Å². The number of carboxylic acids is 1. The summed E-state index contributed by atoms with van der Waals surface area (Å²) in [5.41, 5.74) is 1.10. The highest BCUT2D eigenvalue weighted by molar-refractivity contribution is 6.07. The molecule has 0 saturated carbocycles. The molecule has 0 spiro atoms. The first-order valence-corrected chi connectivity index (χ1v) is 5.23. The first-order valence-electron chi connectivity index (χ1n) is 5.23. The fourth-order valence-electron chi connectivity index (χ4n) is 2.40. The number of rotatable bonds is 2. The first-order chi connectivity index (χ1) is 7.50. The van der Waals surface area contributed by atoms with Gasteiger partial charge in [0.2, 0.25) is 11.8 Å². The highest BCUT2D eigenvalue weighted by atomic mass is 16.4. The molecule has 5 heteroatoms. The standard InChI is InChI=1S/C11H13NO4/c1-6-2-3-7-8(4-6)11(16)12(10(7)15)5-9(13)14/h2,7-8H,3-5H2,1H3,(H,13,14)/t7-,8+/m1/s1. The Morgan fingerprint density at radius 3 is 2.69 bits per heavy atom. The zero-order valence-corrected chi connectivity index (χ0v) is 8.97. The average molecular weight is 223 g/mol. The van der Waals surface area contributed by atoms with Gasteiger partial charge in [-0.1, -0.05) is 11.6 Å². The molecule has 1 saturated heterocycles. The fourth-order valence-corrected chi connectivity index (χ4v) is 2.40. The van der Waals surface area contributed by atoms with Crippen molar-refractivity contribution in [1.29, 1.82) is 0 Å². The Balaban J connectivity index is 2.21. The summed E-state index contributed by atoms with van der Waals surface area (Å²) in [4.78, 5) is 35.1. The van der Waals surface area contributed by atoms with E-state index in [1.54, 1.807) is 0 Å². The van der Waals surface area contributed by atoms with Crippen LogP contribution in [0.5, 0.6) is 0 Å². The number of carboxylic acid groups (broad SMARTS) is 1. The second-order valence-corrected chi connectivity index (χ2v) is 4.36. The van der Waals surface area contributed by atoms with Crippen LogP contribution in [0.4, 0.5) is 0 Å². The third kappa shape index (κ3) is 1.62. The molecule has 2 rings (SSSR count). The van der Waals surface area contributed by atoms with Crippen LogP contribution in [0.2, 0.25) is 0 Å². The van der Waals surface area contributed by atoms with Gasteiger partial charge in [-0.2, -0.15) is 0 Å². The Morgan fingerprint density at radius 1 is 1.44 bits per heavy atom. The van der Waals surface area contributed by atoms with Gasteiger partial charge in [-0.15, -0.1) is 0 Å². The number of allylic oxidation sites excluding steroid dienone is 2. The van der Waals surface area contributed by atoms with Gasteiger partial charge in [0.05, 0.1) is 11.8 Å². The van der Waals surface area contributed by atoms with Gasteiger partial charge in [0.25, 0.3) is 0 Å². The van der Waals surface area contributed by atoms with Crippen LogP contribution in [0.25, 0.3) is 0 Å². The van der Waals surface area contributed by atoms with Gasteiger partial charge in [-0.3, -0.25) is 19.3 Å². The lowest BCUT2D eigenvalue weighted by Gasteiger charge is -2.19. The predicted octanol–water partition coefficient (Wildman–Crippen LogP) is 0.412. The Bertz CT molecular complexity index is 399. The minimum atomic E-state index is -1.15. The van der Waals surface area contributed by atoms with E-state index in [1.807, 2.05) is 13.0 Å². The molecule has 0 aromatic rings. The van der Waals surface area contributed by atoms with E-state index in [0.717, 1.165) is 10.5 Å². The second-order valence-electron chi connectivity index (χ2n) is 4.36. The van der Waals surface area contributed by atoms with Crippen molar-refractivity contribution in [2.24, 2.45) is 11.8 Å². The maximum atomic E-state index is 11.8. The summed E-state index contributed by atoms with van der Waals surface area (Å²) in [6.45, 7) is 1.41. The molecule has 16 heavy (non-hydrogen) atoms. The van der Waals surface area contributed by atoms with E-state index in [9.17, 15) is 14.4 Å². The third-order valence-electron chi connectivity index (χ3n) is 3.21. The molecule has 86 valence electrons. The third-order valence-corrected chi connectivity index (χ3v) is 3.21. The number of aliphatic carboxylic acids is 1. The molecule has 1 fully saturated rings. The van der Waals surface area contributed by atoms with Gasteiger partial charge in [-0.05, 0) is 19.8 Å². The van der Waals surface area contributed by atoms with E-state index < -0.39 is 12.5 Å². The van der Waals surface area contributed by atoms with Gasteiger partial charge in [0.15, 0.2) is 0 Å². The highest BCUT2D eigenvalue weighted by Crippen LogP contribution is 2.37. The minimum absolute atomic E-state index is 0.329. The van der Waals surface area contributed by atoms with Crippen LogP contribution >= 0.6 is 0 Å². The molecule has 1 heterocycles. The minimum Gasteiger partial charge on any atom is -0.480 e. The Hall–Kier alpha value is -1.65. The van der Waals surface area contributed by atoms with Gasteiger partial charge >= 0.3 is 5.97 Å². The summed E-state index contributed by atoms with van der Waals surface area (Å²) in [5, 5.41) is 8.64. The van der Waals surface area contributed by atoms with Gasteiger partial charge in [-0.25, -0.2) is 0 Å². The largest absolute Gasteiger partial charge is 0.480 e. The normalized spacial score (nSPS) is 29.1. The molecule has 2 aliphatic rings. The van der Waals surface area contributed by atoms with Crippen LogP contribution < -0.4 is 0 Å². The summed E-state index contributed by atoms with van der Waals surface area (Å²) in [5.74, 6) is -2.48. The summed E-state index contributed by atoms with van der Waals surface area (Å²) in [6.07, 6.45) is 3.08. The number of imide groups is 1. The van der Waals surface area contributed by atoms with Crippen molar-refractivity contribution < 1.29 is 19.5 Å². The lowest BCUT2D eigenvalue weighted by atomic mass is 9.82. The lowest BCUT2D eigenvalue weighted by molar-refractivity contribution is -0.149. The maximum absolute atomic E-state index is 11.8. The number of hydrogen-bond donors (Lipinski definition) is 1. The van der Waals surface area contributed by atoms with Crippen LogP contribution in [-0.4, -0.2) is 34.3 Å². The fraction of sp³-hybridized carbons (Fsp3) is 0.545. The molecule has 0 bridgehead atoms. The number of carbonyl (C=O) groups is 3. The van der Waals surface area contributed by atoms with Gasteiger partial charge < -0.3 is 5.11 Å². The molecule has 2 atom stereocenters.